The van der Waals surface area contributed by atoms with Crippen LogP contribution in [0.25, 0.3) is 0 Å². The number of aryl methyl sites for hydroxylation is 2. The van der Waals surface area contributed by atoms with Crippen molar-refractivity contribution < 1.29 is 14.7 Å². The summed E-state index contributed by atoms with van der Waals surface area (Å²) in [6.45, 7) is 3.75. The van der Waals surface area contributed by atoms with E-state index in [2.05, 4.69) is 10.3 Å². The molecule has 0 amide bonds. The number of benzene rings is 1. The van der Waals surface area contributed by atoms with E-state index in [0.717, 1.165) is 11.4 Å². The van der Waals surface area contributed by atoms with E-state index in [1.165, 1.54) is 0 Å². The quantitative estimate of drug-likeness (QED) is 0.388. The van der Waals surface area contributed by atoms with Crippen LogP contribution in [0.2, 0.25) is 0 Å². The molecule has 0 unspecified atom stereocenters. The van der Waals surface area contributed by atoms with Crippen molar-refractivity contribution in [3.8, 4) is 17.2 Å². The Morgan fingerprint density at radius 2 is 2.10 bits per heavy atom. The fourth-order valence-electron chi connectivity index (χ4n) is 1.99. The van der Waals surface area contributed by atoms with Gasteiger partial charge in [-0.15, -0.1) is 0 Å². The van der Waals surface area contributed by atoms with Gasteiger partial charge in [0, 0.05) is 13.1 Å². The molecule has 0 aliphatic heterocycles. The zero-order chi connectivity index (χ0) is 15.6. The van der Waals surface area contributed by atoms with Gasteiger partial charge in [-0.25, -0.2) is 0 Å². The molecule has 0 bridgehead atoms. The fourth-order valence-corrected chi connectivity index (χ4v) is 1.99. The minimum Gasteiger partial charge on any atom is -0.497 e. The molecule has 2 aromatic rings. The Kier molecular flexibility index (Phi) is 4.02. The second-order valence-electron chi connectivity index (χ2n) is 4.57. The molecule has 0 aliphatic rings. The van der Waals surface area contributed by atoms with Crippen LogP contribution in [0, 0.1) is 13.8 Å². The predicted molar refractivity (Wildman–Crippen MR) is 78.3 cm³/mol. The van der Waals surface area contributed by atoms with Crippen LogP contribution in [-0.2, 0) is 7.05 Å². The Hall–Kier alpha value is -2.70. The topological polar surface area (TPSA) is 94.9 Å². The molecule has 1 heterocycles. The minimum atomic E-state index is -0.0353. The first kappa shape index (κ1) is 14.7. The van der Waals surface area contributed by atoms with Crippen molar-refractivity contribution in [2.45, 2.75) is 13.8 Å². The maximum atomic E-state index is 8.88. The van der Waals surface area contributed by atoms with Gasteiger partial charge in [0.2, 0.25) is 0 Å². The van der Waals surface area contributed by atoms with Crippen molar-refractivity contribution in [1.82, 2.24) is 9.78 Å². The van der Waals surface area contributed by atoms with Crippen molar-refractivity contribution in [2.75, 3.05) is 7.11 Å². The molecule has 112 valence electrons. The third-order valence-corrected chi connectivity index (χ3v) is 3.23. The summed E-state index contributed by atoms with van der Waals surface area (Å²) in [4.78, 5) is 0. The number of methoxy groups -OCH3 is 1. The molecule has 0 radical (unpaired) electrons. The van der Waals surface area contributed by atoms with Gasteiger partial charge in [0.05, 0.1) is 18.4 Å². The Labute approximate surface area is 122 Å². The van der Waals surface area contributed by atoms with Crippen LogP contribution < -0.4 is 15.2 Å². The second-order valence-corrected chi connectivity index (χ2v) is 4.57. The van der Waals surface area contributed by atoms with Crippen LogP contribution in [0.15, 0.2) is 23.4 Å². The van der Waals surface area contributed by atoms with Crippen LogP contribution in [0.5, 0.6) is 17.2 Å². The number of rotatable bonds is 4. The highest BCUT2D eigenvalue weighted by atomic mass is 16.5. The number of hydrogen-bond donors (Lipinski definition) is 2. The van der Waals surface area contributed by atoms with Gasteiger partial charge in [-0.2, -0.15) is 5.10 Å². The van der Waals surface area contributed by atoms with Crippen LogP contribution in [-0.4, -0.2) is 27.9 Å². The van der Waals surface area contributed by atoms with Crippen molar-refractivity contribution in [3.05, 3.63) is 35.2 Å². The summed E-state index contributed by atoms with van der Waals surface area (Å²) in [7, 11) is 3.40. The number of hydrogen-bond acceptors (Lipinski definition) is 5. The third-order valence-electron chi connectivity index (χ3n) is 3.23. The molecule has 0 spiro atoms. The summed E-state index contributed by atoms with van der Waals surface area (Å²) in [6, 6.07) is 5.06. The summed E-state index contributed by atoms with van der Waals surface area (Å²) in [5, 5.41) is 16.2. The lowest BCUT2D eigenvalue weighted by Crippen LogP contribution is -2.14. The van der Waals surface area contributed by atoms with Crippen molar-refractivity contribution >= 4 is 5.84 Å². The van der Waals surface area contributed by atoms with Gasteiger partial charge >= 0.3 is 0 Å². The van der Waals surface area contributed by atoms with E-state index in [-0.39, 0.29) is 5.84 Å². The maximum absolute atomic E-state index is 8.88. The van der Waals surface area contributed by atoms with Crippen LogP contribution in [0.1, 0.15) is 17.0 Å². The molecule has 21 heavy (non-hydrogen) atoms. The van der Waals surface area contributed by atoms with Crippen molar-refractivity contribution in [3.63, 3.8) is 0 Å². The molecule has 0 atom stereocenters. The van der Waals surface area contributed by atoms with Crippen LogP contribution in [0.3, 0.4) is 0 Å². The van der Waals surface area contributed by atoms with Gasteiger partial charge < -0.3 is 20.4 Å². The average Bonchev–Trinajstić information content (AvgIpc) is 2.72. The molecule has 7 heteroatoms. The number of aromatic nitrogens is 2. The molecule has 7 nitrogen and oxygen atoms in total. The molecule has 0 fully saturated rings. The lowest BCUT2D eigenvalue weighted by Gasteiger charge is -2.12. The summed E-state index contributed by atoms with van der Waals surface area (Å²) >= 11 is 0. The van der Waals surface area contributed by atoms with Crippen molar-refractivity contribution in [1.29, 1.82) is 0 Å². The Morgan fingerprint density at radius 1 is 1.38 bits per heavy atom. The Bertz CT molecular complexity index is 692. The van der Waals surface area contributed by atoms with E-state index < -0.39 is 0 Å². The van der Waals surface area contributed by atoms with Crippen LogP contribution >= 0.6 is 0 Å². The van der Waals surface area contributed by atoms with Gasteiger partial charge in [0.1, 0.15) is 17.2 Å². The van der Waals surface area contributed by atoms with E-state index in [4.69, 9.17) is 20.4 Å². The van der Waals surface area contributed by atoms with Crippen molar-refractivity contribution in [2.24, 2.45) is 17.9 Å². The Balaban J connectivity index is 2.51. The van der Waals surface area contributed by atoms with Gasteiger partial charge in [0.25, 0.3) is 0 Å². The first-order valence-electron chi connectivity index (χ1n) is 6.32. The van der Waals surface area contributed by atoms with E-state index in [1.54, 1.807) is 30.0 Å². The maximum Gasteiger partial charge on any atom is 0.173 e. The van der Waals surface area contributed by atoms with Gasteiger partial charge in [-0.1, -0.05) is 5.16 Å². The average molecular weight is 290 g/mol. The molecular weight excluding hydrogens is 272 g/mol. The molecule has 0 saturated carbocycles. The SMILES string of the molecule is COc1ccc(/C(N)=N/O)c(Oc2c(C)nn(C)c2C)c1. The summed E-state index contributed by atoms with van der Waals surface area (Å²) in [5.41, 5.74) is 7.78. The third kappa shape index (κ3) is 2.76. The number of ether oxygens (including phenoxy) is 2. The standard InChI is InChI=1S/C14H18N4O3/c1-8-13(9(2)18(3)16-8)21-12-7-10(20-4)5-6-11(12)14(15)17-19/h5-7,19H,1-4H3,(H2,15,17). The molecular formula is C14H18N4O3. The monoisotopic (exact) mass is 290 g/mol. The normalized spacial score (nSPS) is 11.5. The molecule has 0 saturated heterocycles. The summed E-state index contributed by atoms with van der Waals surface area (Å²) in [5.74, 6) is 1.65. The zero-order valence-corrected chi connectivity index (χ0v) is 12.4. The minimum absolute atomic E-state index is 0.0353. The lowest BCUT2D eigenvalue weighted by atomic mass is 10.1. The lowest BCUT2D eigenvalue weighted by molar-refractivity contribution is 0.318. The number of nitrogens with two attached hydrogens (primary N) is 1. The first-order chi connectivity index (χ1) is 9.97. The molecule has 3 N–H and O–H groups in total. The highest BCUT2D eigenvalue weighted by Gasteiger charge is 2.16. The first-order valence-corrected chi connectivity index (χ1v) is 6.32. The van der Waals surface area contributed by atoms with Gasteiger partial charge in [0.15, 0.2) is 11.6 Å². The Morgan fingerprint density at radius 3 is 2.62 bits per heavy atom. The molecule has 1 aromatic carbocycles. The zero-order valence-electron chi connectivity index (χ0n) is 12.4. The fraction of sp³-hybridized carbons (Fsp3) is 0.286. The highest BCUT2D eigenvalue weighted by Crippen LogP contribution is 2.32. The van der Waals surface area contributed by atoms with E-state index >= 15 is 0 Å². The van der Waals surface area contributed by atoms with Gasteiger partial charge in [-0.05, 0) is 26.0 Å². The van der Waals surface area contributed by atoms with Gasteiger partial charge in [-0.3, -0.25) is 4.68 Å². The molecule has 1 aromatic heterocycles. The largest absolute Gasteiger partial charge is 0.497 e. The second kappa shape index (κ2) is 5.74. The van der Waals surface area contributed by atoms with E-state index in [9.17, 15) is 0 Å². The predicted octanol–water partition coefficient (Wildman–Crippen LogP) is 1.93. The number of oxime groups is 1. The molecule has 2 rings (SSSR count). The van der Waals surface area contributed by atoms with E-state index in [0.29, 0.717) is 22.8 Å². The number of amidine groups is 1. The number of nitrogens with zero attached hydrogens (tertiary/aromatic N) is 3. The summed E-state index contributed by atoms with van der Waals surface area (Å²) < 4.78 is 12.8. The summed E-state index contributed by atoms with van der Waals surface area (Å²) in [6.07, 6.45) is 0. The highest BCUT2D eigenvalue weighted by molar-refractivity contribution is 5.99. The smallest absolute Gasteiger partial charge is 0.173 e. The van der Waals surface area contributed by atoms with E-state index in [1.807, 2.05) is 20.9 Å². The van der Waals surface area contributed by atoms with Crippen LogP contribution in [0.4, 0.5) is 0 Å². The molecule has 0 aliphatic carbocycles.